The molecule has 0 atom stereocenters. The fourth-order valence-corrected chi connectivity index (χ4v) is 5.96. The van der Waals surface area contributed by atoms with Gasteiger partial charge in [0.05, 0.1) is 4.21 Å². The van der Waals surface area contributed by atoms with Crippen LogP contribution in [0.25, 0.3) is 5.57 Å². The molecular formula is C21H22FNOS2. The molecule has 0 unspecified atom stereocenters. The van der Waals surface area contributed by atoms with Crippen molar-refractivity contribution in [1.82, 2.24) is 4.90 Å². The number of rotatable bonds is 4. The highest BCUT2D eigenvalue weighted by Gasteiger charge is 2.27. The second-order valence-corrected chi connectivity index (χ2v) is 9.22. The average molecular weight is 388 g/mol. The molecule has 0 aliphatic carbocycles. The Balaban J connectivity index is 1.58. The predicted molar refractivity (Wildman–Crippen MR) is 106 cm³/mol. The summed E-state index contributed by atoms with van der Waals surface area (Å²) in [6, 6.07) is 7.35. The molecule has 0 saturated carbocycles. The lowest BCUT2D eigenvalue weighted by Crippen LogP contribution is -2.32. The number of likely N-dealkylation sites (tertiary alicyclic amines) is 1. The minimum Gasteiger partial charge on any atom is -0.303 e. The molecule has 26 heavy (non-hydrogen) atoms. The number of carbonyl (C=O) groups is 1. The molecule has 0 amide bonds. The van der Waals surface area contributed by atoms with Crippen molar-refractivity contribution in [2.45, 2.75) is 41.7 Å². The van der Waals surface area contributed by atoms with Crippen molar-refractivity contribution in [2.75, 3.05) is 19.6 Å². The van der Waals surface area contributed by atoms with E-state index in [9.17, 15) is 9.18 Å². The zero-order valence-electron chi connectivity index (χ0n) is 14.9. The minimum absolute atomic E-state index is 0.164. The maximum atomic E-state index is 13.9. The first-order chi connectivity index (χ1) is 12.6. The zero-order valence-corrected chi connectivity index (χ0v) is 16.5. The van der Waals surface area contributed by atoms with Gasteiger partial charge in [-0.05, 0) is 73.5 Å². The molecule has 1 fully saturated rings. The number of hydrogen-bond acceptors (Lipinski definition) is 4. The van der Waals surface area contributed by atoms with Gasteiger partial charge in [0, 0.05) is 30.0 Å². The number of nitrogens with zero attached hydrogens (tertiary/aromatic N) is 1. The van der Waals surface area contributed by atoms with Crippen molar-refractivity contribution in [1.29, 1.82) is 0 Å². The number of halogens is 1. The third-order valence-electron chi connectivity index (χ3n) is 5.13. The fourth-order valence-electron chi connectivity index (χ4n) is 3.82. The summed E-state index contributed by atoms with van der Waals surface area (Å²) in [6.45, 7) is 4.70. The van der Waals surface area contributed by atoms with Gasteiger partial charge in [0.2, 0.25) is 0 Å². The van der Waals surface area contributed by atoms with E-state index in [1.165, 1.54) is 20.9 Å². The van der Waals surface area contributed by atoms with E-state index in [1.807, 2.05) is 6.07 Å². The van der Waals surface area contributed by atoms with Crippen LogP contribution >= 0.6 is 23.1 Å². The van der Waals surface area contributed by atoms with Crippen LogP contribution in [0.5, 0.6) is 0 Å². The van der Waals surface area contributed by atoms with E-state index in [2.05, 4.69) is 16.3 Å². The van der Waals surface area contributed by atoms with Gasteiger partial charge in [-0.3, -0.25) is 0 Å². The minimum atomic E-state index is -0.164. The van der Waals surface area contributed by atoms with Crippen molar-refractivity contribution in [3.05, 3.63) is 52.2 Å². The predicted octanol–water partition coefficient (Wildman–Crippen LogP) is 5.62. The van der Waals surface area contributed by atoms with Gasteiger partial charge in [-0.15, -0.1) is 11.3 Å². The highest BCUT2D eigenvalue weighted by atomic mass is 32.2. The molecule has 1 aromatic carbocycles. The summed E-state index contributed by atoms with van der Waals surface area (Å²) in [5.74, 6) is 0.107. The van der Waals surface area contributed by atoms with E-state index in [1.54, 1.807) is 42.2 Å². The molecule has 2 aliphatic heterocycles. The van der Waals surface area contributed by atoms with Gasteiger partial charge >= 0.3 is 0 Å². The first kappa shape index (κ1) is 18.0. The summed E-state index contributed by atoms with van der Waals surface area (Å²) in [6.07, 6.45) is 3.66. The smallest absolute Gasteiger partial charge is 0.129 e. The van der Waals surface area contributed by atoms with E-state index in [0.29, 0.717) is 6.42 Å². The first-order valence-electron chi connectivity index (χ1n) is 9.11. The number of hydrogen-bond donors (Lipinski definition) is 0. The number of benzene rings is 1. The third kappa shape index (κ3) is 3.66. The van der Waals surface area contributed by atoms with Gasteiger partial charge in [-0.25, -0.2) is 4.39 Å². The summed E-state index contributed by atoms with van der Waals surface area (Å²) in [5, 5.41) is 2.14. The van der Waals surface area contributed by atoms with E-state index in [4.69, 9.17) is 0 Å². The maximum absolute atomic E-state index is 13.9. The summed E-state index contributed by atoms with van der Waals surface area (Å²) in [5.41, 5.74) is 5.04. The Hall–Kier alpha value is -1.43. The topological polar surface area (TPSA) is 20.3 Å². The van der Waals surface area contributed by atoms with Gasteiger partial charge < -0.3 is 9.69 Å². The molecule has 0 radical (unpaired) electrons. The molecule has 136 valence electrons. The van der Waals surface area contributed by atoms with Crippen LogP contribution in [0.3, 0.4) is 0 Å². The van der Waals surface area contributed by atoms with Crippen molar-refractivity contribution >= 4 is 34.5 Å². The average Bonchev–Trinajstić information content (AvgIpc) is 3.08. The summed E-state index contributed by atoms with van der Waals surface area (Å²) < 4.78 is 15.3. The molecule has 3 heterocycles. The molecule has 2 aromatic rings. The highest BCUT2D eigenvalue weighted by molar-refractivity contribution is 8.01. The van der Waals surface area contributed by atoms with Crippen molar-refractivity contribution < 1.29 is 9.18 Å². The Bertz CT molecular complexity index is 861. The van der Waals surface area contributed by atoms with Crippen LogP contribution in [0, 0.1) is 5.82 Å². The molecule has 1 aromatic heterocycles. The number of fused-ring (bicyclic) bond motifs is 2. The maximum Gasteiger partial charge on any atom is 0.129 e. The normalized spacial score (nSPS) is 17.2. The lowest BCUT2D eigenvalue weighted by atomic mass is 9.89. The molecule has 2 aliphatic rings. The Morgan fingerprint density at radius 3 is 2.77 bits per heavy atom. The third-order valence-corrected chi connectivity index (χ3v) is 7.36. The highest BCUT2D eigenvalue weighted by Crippen LogP contribution is 2.50. The fraction of sp³-hybridized carbons (Fsp3) is 0.381. The van der Waals surface area contributed by atoms with Crippen molar-refractivity contribution in [3.63, 3.8) is 0 Å². The Labute approximate surface area is 162 Å². The summed E-state index contributed by atoms with van der Waals surface area (Å²) >= 11 is 3.52. The summed E-state index contributed by atoms with van der Waals surface area (Å²) in [7, 11) is 0. The molecule has 4 rings (SSSR count). The van der Waals surface area contributed by atoms with Gasteiger partial charge in [0.15, 0.2) is 0 Å². The van der Waals surface area contributed by atoms with Crippen LogP contribution in [0.2, 0.25) is 0 Å². The lowest BCUT2D eigenvalue weighted by Gasteiger charge is -2.31. The van der Waals surface area contributed by atoms with Crippen molar-refractivity contribution in [3.8, 4) is 0 Å². The van der Waals surface area contributed by atoms with E-state index in [0.717, 1.165) is 49.4 Å². The quantitative estimate of drug-likeness (QED) is 0.580. The zero-order chi connectivity index (χ0) is 18.1. The standard InChI is InChI=1S/C21H22FNOS2/c1-14(24)3-2-9-23-10-6-15(7-11-23)20-17-8-12-25-21(17)26-19-5-4-16(22)13-18(19)20/h4-5,8,12-13H,2-3,6-7,9-11H2,1H3. The first-order valence-corrected chi connectivity index (χ1v) is 10.8. The largest absolute Gasteiger partial charge is 0.303 e. The van der Waals surface area contributed by atoms with Crippen LogP contribution in [0.1, 0.15) is 43.7 Å². The van der Waals surface area contributed by atoms with E-state index < -0.39 is 0 Å². The Morgan fingerprint density at radius 1 is 1.19 bits per heavy atom. The molecular weight excluding hydrogens is 365 g/mol. The number of carbonyl (C=O) groups excluding carboxylic acids is 1. The molecule has 0 bridgehead atoms. The number of thiophene rings is 1. The Morgan fingerprint density at radius 2 is 2.00 bits per heavy atom. The second-order valence-electron chi connectivity index (χ2n) is 6.99. The van der Waals surface area contributed by atoms with Crippen LogP contribution < -0.4 is 0 Å². The van der Waals surface area contributed by atoms with Gasteiger partial charge in [0.25, 0.3) is 0 Å². The van der Waals surface area contributed by atoms with Gasteiger partial charge in [-0.1, -0.05) is 17.3 Å². The SMILES string of the molecule is CC(=O)CCCN1CCC(=C2c3cc(F)ccc3Sc3sccc32)CC1. The summed E-state index contributed by atoms with van der Waals surface area (Å²) in [4.78, 5) is 14.7. The number of ketones is 1. The van der Waals surface area contributed by atoms with Gasteiger partial charge in [0.1, 0.15) is 11.6 Å². The van der Waals surface area contributed by atoms with E-state index in [-0.39, 0.29) is 11.6 Å². The number of Topliss-reactive ketones (excluding diaryl/α,β-unsaturated/α-hetero) is 1. The molecule has 0 spiro atoms. The van der Waals surface area contributed by atoms with Crippen LogP contribution in [0.4, 0.5) is 4.39 Å². The molecule has 5 heteroatoms. The second kappa shape index (κ2) is 7.67. The van der Waals surface area contributed by atoms with Gasteiger partial charge in [-0.2, -0.15) is 0 Å². The van der Waals surface area contributed by atoms with Crippen molar-refractivity contribution in [2.24, 2.45) is 0 Å². The molecule has 1 saturated heterocycles. The monoisotopic (exact) mass is 387 g/mol. The van der Waals surface area contributed by atoms with Crippen LogP contribution in [-0.2, 0) is 4.79 Å². The lowest BCUT2D eigenvalue weighted by molar-refractivity contribution is -0.117. The van der Waals surface area contributed by atoms with Crippen LogP contribution in [0.15, 0.2) is 44.3 Å². The number of piperidine rings is 1. The van der Waals surface area contributed by atoms with Crippen LogP contribution in [-0.4, -0.2) is 30.3 Å². The molecule has 0 N–H and O–H groups in total. The van der Waals surface area contributed by atoms with E-state index >= 15 is 0 Å². The molecule has 2 nitrogen and oxygen atoms in total. The Kier molecular flexibility index (Phi) is 5.30.